The lowest BCUT2D eigenvalue weighted by molar-refractivity contribution is -0.122. The third kappa shape index (κ3) is 4.50. The number of carbonyl (C=O) groups excluding carboxylic acids is 1. The fraction of sp³-hybridized carbons (Fsp3) is 0.588. The van der Waals surface area contributed by atoms with Gasteiger partial charge in [-0.15, -0.1) is 0 Å². The monoisotopic (exact) mass is 311 g/mol. The zero-order chi connectivity index (χ0) is 16.1. The summed E-state index contributed by atoms with van der Waals surface area (Å²) < 4.78 is 26.5. The van der Waals surface area contributed by atoms with E-state index in [1.54, 1.807) is 6.92 Å². The molecule has 1 amide bonds. The molecule has 0 heterocycles. The van der Waals surface area contributed by atoms with Crippen LogP contribution in [0.4, 0.5) is 8.78 Å². The highest BCUT2D eigenvalue weighted by molar-refractivity contribution is 5.76. The number of amides is 1. The molecule has 0 aliphatic heterocycles. The van der Waals surface area contributed by atoms with Crippen LogP contribution >= 0.6 is 0 Å². The van der Waals surface area contributed by atoms with Crippen molar-refractivity contribution < 1.29 is 18.7 Å². The number of nitrogens with one attached hydrogen (secondary N) is 1. The molecule has 22 heavy (non-hydrogen) atoms. The Morgan fingerprint density at radius 1 is 1.36 bits per heavy atom. The van der Waals surface area contributed by atoms with Gasteiger partial charge < -0.3 is 10.4 Å². The zero-order valence-electron chi connectivity index (χ0n) is 12.8. The fourth-order valence-electron chi connectivity index (χ4n) is 3.09. The molecule has 3 nitrogen and oxygen atoms in total. The molecule has 1 aliphatic carbocycles. The van der Waals surface area contributed by atoms with Gasteiger partial charge in [0.05, 0.1) is 6.10 Å². The first kappa shape index (κ1) is 16.9. The van der Waals surface area contributed by atoms with E-state index in [0.717, 1.165) is 31.7 Å². The lowest BCUT2D eigenvalue weighted by Crippen LogP contribution is -2.36. The molecule has 0 aromatic heterocycles. The van der Waals surface area contributed by atoms with Crippen LogP contribution in [0.1, 0.15) is 50.5 Å². The summed E-state index contributed by atoms with van der Waals surface area (Å²) in [5.74, 6) is -1.56. The minimum Gasteiger partial charge on any atom is -0.391 e. The second-order valence-electron chi connectivity index (χ2n) is 6.19. The summed E-state index contributed by atoms with van der Waals surface area (Å²) in [7, 11) is 0. The van der Waals surface area contributed by atoms with Crippen LogP contribution in [0.3, 0.4) is 0 Å². The summed E-state index contributed by atoms with van der Waals surface area (Å²) >= 11 is 0. The van der Waals surface area contributed by atoms with Gasteiger partial charge in [0.25, 0.3) is 0 Å². The Kier molecular flexibility index (Phi) is 5.89. The van der Waals surface area contributed by atoms with Gasteiger partial charge in [-0.25, -0.2) is 8.78 Å². The van der Waals surface area contributed by atoms with Gasteiger partial charge in [-0.05, 0) is 36.3 Å². The second-order valence-corrected chi connectivity index (χ2v) is 6.19. The van der Waals surface area contributed by atoms with Crippen LogP contribution in [-0.2, 0) is 4.79 Å². The van der Waals surface area contributed by atoms with Crippen LogP contribution in [0.25, 0.3) is 0 Å². The third-order valence-electron chi connectivity index (χ3n) is 4.44. The van der Waals surface area contributed by atoms with E-state index in [1.165, 1.54) is 12.1 Å². The van der Waals surface area contributed by atoms with Crippen molar-refractivity contribution in [3.8, 4) is 0 Å². The topological polar surface area (TPSA) is 49.3 Å². The number of hydrogen-bond acceptors (Lipinski definition) is 2. The molecule has 0 spiro atoms. The predicted molar refractivity (Wildman–Crippen MR) is 80.4 cm³/mol. The molecule has 122 valence electrons. The van der Waals surface area contributed by atoms with Crippen LogP contribution in [-0.4, -0.2) is 23.7 Å². The predicted octanol–water partition coefficient (Wildman–Crippen LogP) is 3.13. The molecule has 1 aromatic rings. The van der Waals surface area contributed by atoms with E-state index in [9.17, 15) is 18.7 Å². The van der Waals surface area contributed by atoms with Gasteiger partial charge in [0, 0.05) is 19.0 Å². The van der Waals surface area contributed by atoms with Crippen molar-refractivity contribution in [2.24, 2.45) is 5.92 Å². The molecule has 1 fully saturated rings. The van der Waals surface area contributed by atoms with Crippen molar-refractivity contribution in [3.05, 3.63) is 35.4 Å². The molecule has 1 aromatic carbocycles. The van der Waals surface area contributed by atoms with Crippen molar-refractivity contribution in [1.82, 2.24) is 5.32 Å². The lowest BCUT2D eigenvalue weighted by atomic mass is 9.96. The van der Waals surface area contributed by atoms with Crippen LogP contribution < -0.4 is 5.32 Å². The van der Waals surface area contributed by atoms with E-state index in [4.69, 9.17) is 0 Å². The molecular formula is C17H23F2NO2. The van der Waals surface area contributed by atoms with Gasteiger partial charge >= 0.3 is 0 Å². The molecular weight excluding hydrogens is 288 g/mol. The average molecular weight is 311 g/mol. The van der Waals surface area contributed by atoms with Gasteiger partial charge in [-0.2, -0.15) is 0 Å². The van der Waals surface area contributed by atoms with Gasteiger partial charge in [0.1, 0.15) is 11.6 Å². The van der Waals surface area contributed by atoms with E-state index in [-0.39, 0.29) is 30.7 Å². The van der Waals surface area contributed by atoms with Crippen LogP contribution in [0.2, 0.25) is 0 Å². The zero-order valence-corrected chi connectivity index (χ0v) is 12.8. The first-order valence-electron chi connectivity index (χ1n) is 7.87. The Bertz CT molecular complexity index is 515. The van der Waals surface area contributed by atoms with Gasteiger partial charge in [-0.3, -0.25) is 4.79 Å². The second kappa shape index (κ2) is 7.68. The van der Waals surface area contributed by atoms with Crippen LogP contribution in [0.5, 0.6) is 0 Å². The minimum absolute atomic E-state index is 0.111. The summed E-state index contributed by atoms with van der Waals surface area (Å²) in [5.41, 5.74) is 0.327. The van der Waals surface area contributed by atoms with Gasteiger partial charge in [0.2, 0.25) is 5.91 Å². The maximum atomic E-state index is 13.7. The Morgan fingerprint density at radius 2 is 2.05 bits per heavy atom. The highest BCUT2D eigenvalue weighted by Crippen LogP contribution is 2.27. The maximum absolute atomic E-state index is 13.7. The highest BCUT2D eigenvalue weighted by Gasteiger charge is 2.23. The number of carbonyl (C=O) groups is 1. The number of aliphatic hydroxyl groups excluding tert-OH is 1. The Labute approximate surface area is 129 Å². The van der Waals surface area contributed by atoms with Crippen molar-refractivity contribution in [2.75, 3.05) is 6.54 Å². The smallest absolute Gasteiger partial charge is 0.220 e. The molecule has 0 radical (unpaired) electrons. The quantitative estimate of drug-likeness (QED) is 0.848. The summed E-state index contributed by atoms with van der Waals surface area (Å²) in [4.78, 5) is 11.9. The SMILES string of the molecule is CC(CC(=O)NCC(O)C1CCCC1)c1ccc(F)cc1F. The molecule has 5 heteroatoms. The Balaban J connectivity index is 1.80. The summed E-state index contributed by atoms with van der Waals surface area (Å²) in [6.07, 6.45) is 3.89. The van der Waals surface area contributed by atoms with Crippen molar-refractivity contribution in [3.63, 3.8) is 0 Å². The average Bonchev–Trinajstić information content (AvgIpc) is 2.98. The van der Waals surface area contributed by atoms with E-state index >= 15 is 0 Å². The summed E-state index contributed by atoms with van der Waals surface area (Å²) in [6.45, 7) is 1.96. The number of benzene rings is 1. The largest absolute Gasteiger partial charge is 0.391 e. The number of rotatable bonds is 6. The first-order valence-corrected chi connectivity index (χ1v) is 7.87. The van der Waals surface area contributed by atoms with Gasteiger partial charge in [-0.1, -0.05) is 25.8 Å². The third-order valence-corrected chi connectivity index (χ3v) is 4.44. The molecule has 0 saturated heterocycles. The van der Waals surface area contributed by atoms with Crippen molar-refractivity contribution in [1.29, 1.82) is 0 Å². The normalized spacial score (nSPS) is 18.2. The highest BCUT2D eigenvalue weighted by atomic mass is 19.1. The van der Waals surface area contributed by atoms with Crippen LogP contribution in [0.15, 0.2) is 18.2 Å². The molecule has 1 saturated carbocycles. The standard InChI is InChI=1S/C17H23F2NO2/c1-11(14-7-6-13(18)9-15(14)19)8-17(22)20-10-16(21)12-4-2-3-5-12/h6-7,9,11-12,16,21H,2-5,8,10H2,1H3,(H,20,22). The Morgan fingerprint density at radius 3 is 2.68 bits per heavy atom. The fourth-order valence-corrected chi connectivity index (χ4v) is 3.09. The van der Waals surface area contributed by atoms with E-state index in [2.05, 4.69) is 5.32 Å². The minimum atomic E-state index is -0.633. The molecule has 1 aliphatic rings. The number of hydrogen-bond donors (Lipinski definition) is 2. The molecule has 2 rings (SSSR count). The molecule has 2 unspecified atom stereocenters. The van der Waals surface area contributed by atoms with Crippen LogP contribution in [0, 0.1) is 17.6 Å². The van der Waals surface area contributed by atoms with Gasteiger partial charge in [0.15, 0.2) is 0 Å². The lowest BCUT2D eigenvalue weighted by Gasteiger charge is -2.19. The molecule has 2 atom stereocenters. The summed E-state index contributed by atoms with van der Waals surface area (Å²) in [6, 6.07) is 3.39. The van der Waals surface area contributed by atoms with Crippen molar-refractivity contribution in [2.45, 2.75) is 51.0 Å². The number of halogens is 2. The first-order chi connectivity index (χ1) is 10.5. The summed E-state index contributed by atoms with van der Waals surface area (Å²) in [5, 5.41) is 12.7. The van der Waals surface area contributed by atoms with E-state index in [0.29, 0.717) is 5.56 Å². The Hall–Kier alpha value is -1.49. The number of aliphatic hydroxyl groups is 1. The molecule has 2 N–H and O–H groups in total. The molecule has 0 bridgehead atoms. The van der Waals surface area contributed by atoms with E-state index < -0.39 is 17.7 Å². The van der Waals surface area contributed by atoms with Crippen molar-refractivity contribution >= 4 is 5.91 Å². The maximum Gasteiger partial charge on any atom is 0.220 e. The van der Waals surface area contributed by atoms with E-state index in [1.807, 2.05) is 0 Å².